The van der Waals surface area contributed by atoms with Crippen molar-refractivity contribution in [3.05, 3.63) is 24.2 Å². The van der Waals surface area contributed by atoms with Gasteiger partial charge in [-0.05, 0) is 39.2 Å². The lowest BCUT2D eigenvalue weighted by Crippen LogP contribution is -2.59. The highest BCUT2D eigenvalue weighted by Crippen LogP contribution is 2.15. The van der Waals surface area contributed by atoms with Crippen LogP contribution in [0, 0.1) is 0 Å². The van der Waals surface area contributed by atoms with E-state index in [0.717, 1.165) is 38.4 Å². The zero-order valence-electron chi connectivity index (χ0n) is 12.4. The molecule has 0 saturated carbocycles. The maximum Gasteiger partial charge on any atom is 0.105 e. The van der Waals surface area contributed by atoms with Crippen LogP contribution in [0.25, 0.3) is 0 Å². The molecule has 0 aliphatic carbocycles. The second kappa shape index (κ2) is 7.08. The van der Waals surface area contributed by atoms with Gasteiger partial charge in [-0.1, -0.05) is 6.92 Å². The number of piperazine rings is 1. The zero-order valence-corrected chi connectivity index (χ0v) is 12.4. The molecule has 0 amide bonds. The first kappa shape index (κ1) is 14.6. The van der Waals surface area contributed by atoms with Crippen LogP contribution in [0.3, 0.4) is 0 Å². The lowest BCUT2D eigenvalue weighted by Gasteiger charge is -2.42. The van der Waals surface area contributed by atoms with Crippen molar-refractivity contribution in [2.24, 2.45) is 0 Å². The van der Waals surface area contributed by atoms with E-state index in [1.54, 1.807) is 6.26 Å². The van der Waals surface area contributed by atoms with Gasteiger partial charge in [-0.3, -0.25) is 4.90 Å². The predicted octanol–water partition coefficient (Wildman–Crippen LogP) is 1.44. The van der Waals surface area contributed by atoms with Gasteiger partial charge in [-0.15, -0.1) is 0 Å². The van der Waals surface area contributed by atoms with Crippen LogP contribution >= 0.6 is 0 Å². The van der Waals surface area contributed by atoms with Crippen LogP contribution in [0.5, 0.6) is 0 Å². The number of likely N-dealkylation sites (N-methyl/N-ethyl adjacent to an activating group) is 2. The molecule has 0 spiro atoms. The highest BCUT2D eigenvalue weighted by molar-refractivity contribution is 5.03. The van der Waals surface area contributed by atoms with E-state index in [1.807, 2.05) is 6.07 Å². The minimum Gasteiger partial charge on any atom is -0.469 e. The van der Waals surface area contributed by atoms with Crippen molar-refractivity contribution < 1.29 is 4.42 Å². The molecule has 4 heteroatoms. The maximum atomic E-state index is 5.52. The molecule has 19 heavy (non-hydrogen) atoms. The predicted molar refractivity (Wildman–Crippen MR) is 78.4 cm³/mol. The van der Waals surface area contributed by atoms with E-state index in [2.05, 4.69) is 42.2 Å². The summed E-state index contributed by atoms with van der Waals surface area (Å²) in [5, 5.41) is 3.70. The smallest absolute Gasteiger partial charge is 0.105 e. The summed E-state index contributed by atoms with van der Waals surface area (Å²) in [5.74, 6) is 1.08. The van der Waals surface area contributed by atoms with Crippen LogP contribution < -0.4 is 5.32 Å². The number of nitrogens with zero attached hydrogens (tertiary/aromatic N) is 2. The highest BCUT2D eigenvalue weighted by Gasteiger charge is 2.29. The summed E-state index contributed by atoms with van der Waals surface area (Å²) in [4.78, 5) is 4.91. The molecule has 1 saturated heterocycles. The molecule has 4 nitrogen and oxygen atoms in total. The van der Waals surface area contributed by atoms with Crippen molar-refractivity contribution in [3.8, 4) is 0 Å². The second-order valence-electron chi connectivity index (χ2n) is 5.65. The van der Waals surface area contributed by atoms with Crippen LogP contribution in [0.1, 0.15) is 19.1 Å². The van der Waals surface area contributed by atoms with E-state index in [9.17, 15) is 0 Å². The van der Waals surface area contributed by atoms with Gasteiger partial charge in [-0.25, -0.2) is 0 Å². The maximum absolute atomic E-state index is 5.52. The third-order valence-corrected chi connectivity index (χ3v) is 4.02. The Bertz CT molecular complexity index is 352. The summed E-state index contributed by atoms with van der Waals surface area (Å²) in [6.07, 6.45) is 3.90. The van der Waals surface area contributed by atoms with Crippen molar-refractivity contribution in [2.45, 2.75) is 31.8 Å². The molecule has 2 heterocycles. The summed E-state index contributed by atoms with van der Waals surface area (Å²) in [6, 6.07) is 5.06. The molecule has 1 fully saturated rings. The number of nitrogens with one attached hydrogen (secondary N) is 1. The van der Waals surface area contributed by atoms with E-state index >= 15 is 0 Å². The third kappa shape index (κ3) is 4.06. The lowest BCUT2D eigenvalue weighted by molar-refractivity contribution is 0.0862. The van der Waals surface area contributed by atoms with E-state index in [1.165, 1.54) is 6.42 Å². The molecule has 2 atom stereocenters. The van der Waals surface area contributed by atoms with Gasteiger partial charge in [0.25, 0.3) is 0 Å². The summed E-state index contributed by atoms with van der Waals surface area (Å²) in [6.45, 7) is 6.71. The first-order chi connectivity index (χ1) is 9.20. The number of hydrogen-bond donors (Lipinski definition) is 1. The van der Waals surface area contributed by atoms with E-state index in [0.29, 0.717) is 12.1 Å². The molecule has 0 bridgehead atoms. The van der Waals surface area contributed by atoms with Crippen molar-refractivity contribution in [3.63, 3.8) is 0 Å². The Morgan fingerprint density at radius 1 is 1.42 bits per heavy atom. The van der Waals surface area contributed by atoms with Gasteiger partial charge < -0.3 is 14.6 Å². The van der Waals surface area contributed by atoms with E-state index in [4.69, 9.17) is 4.42 Å². The van der Waals surface area contributed by atoms with Crippen molar-refractivity contribution >= 4 is 0 Å². The van der Waals surface area contributed by atoms with Crippen molar-refractivity contribution in [2.75, 3.05) is 40.3 Å². The first-order valence-electron chi connectivity index (χ1n) is 7.35. The Kier molecular flexibility index (Phi) is 5.43. The topological polar surface area (TPSA) is 31.7 Å². The molecule has 0 radical (unpaired) electrons. The fraction of sp³-hybridized carbons (Fsp3) is 0.733. The van der Waals surface area contributed by atoms with Gasteiger partial charge in [0.15, 0.2) is 0 Å². The van der Waals surface area contributed by atoms with E-state index < -0.39 is 0 Å². The Labute approximate surface area is 116 Å². The third-order valence-electron chi connectivity index (χ3n) is 4.02. The summed E-state index contributed by atoms with van der Waals surface area (Å²) in [7, 11) is 4.45. The van der Waals surface area contributed by atoms with Gasteiger partial charge in [0, 0.05) is 38.1 Å². The first-order valence-corrected chi connectivity index (χ1v) is 7.35. The summed E-state index contributed by atoms with van der Waals surface area (Å²) >= 11 is 0. The largest absolute Gasteiger partial charge is 0.469 e. The number of furan rings is 1. The minimum atomic E-state index is 0.457. The van der Waals surface area contributed by atoms with Crippen molar-refractivity contribution in [1.29, 1.82) is 0 Å². The number of rotatable bonds is 6. The summed E-state index contributed by atoms with van der Waals surface area (Å²) in [5.41, 5.74) is 0. The Morgan fingerprint density at radius 3 is 2.95 bits per heavy atom. The van der Waals surface area contributed by atoms with Crippen LogP contribution in [-0.4, -0.2) is 62.2 Å². The molecular formula is C15H27N3O. The van der Waals surface area contributed by atoms with Gasteiger partial charge >= 0.3 is 0 Å². The molecule has 1 aromatic rings. The average Bonchev–Trinajstić information content (AvgIpc) is 2.90. The van der Waals surface area contributed by atoms with Gasteiger partial charge in [-0.2, -0.15) is 0 Å². The minimum absolute atomic E-state index is 0.457. The molecule has 2 rings (SSSR count). The zero-order chi connectivity index (χ0) is 13.7. The molecule has 2 unspecified atom stereocenters. The quantitative estimate of drug-likeness (QED) is 0.843. The summed E-state index contributed by atoms with van der Waals surface area (Å²) < 4.78 is 5.52. The fourth-order valence-corrected chi connectivity index (χ4v) is 2.80. The van der Waals surface area contributed by atoms with Gasteiger partial charge in [0.1, 0.15) is 5.76 Å². The van der Waals surface area contributed by atoms with E-state index in [-0.39, 0.29) is 0 Å². The van der Waals surface area contributed by atoms with Crippen molar-refractivity contribution in [1.82, 2.24) is 15.1 Å². The Hall–Kier alpha value is -0.840. The van der Waals surface area contributed by atoms with Crippen LogP contribution in [0.15, 0.2) is 22.8 Å². The standard InChI is InChI=1S/C15H27N3O/c1-4-7-16-14(11-13-6-5-10-19-13)15-12-17(2)8-9-18(15)3/h5-6,10,14-16H,4,7-9,11-12H2,1-3H3. The molecular weight excluding hydrogens is 238 g/mol. The van der Waals surface area contributed by atoms with Crippen LogP contribution in [0.4, 0.5) is 0 Å². The second-order valence-corrected chi connectivity index (χ2v) is 5.65. The monoisotopic (exact) mass is 265 g/mol. The number of hydrogen-bond acceptors (Lipinski definition) is 4. The fourth-order valence-electron chi connectivity index (χ4n) is 2.80. The molecule has 1 aliphatic rings. The normalized spacial score (nSPS) is 23.6. The van der Waals surface area contributed by atoms with Gasteiger partial charge in [0.2, 0.25) is 0 Å². The molecule has 1 N–H and O–H groups in total. The molecule has 1 aliphatic heterocycles. The highest BCUT2D eigenvalue weighted by atomic mass is 16.3. The Balaban J connectivity index is 2.02. The SMILES string of the molecule is CCCNC(Cc1ccco1)C1CN(C)CCN1C. The molecule has 108 valence electrons. The molecule has 0 aromatic carbocycles. The van der Waals surface area contributed by atoms with Crippen LogP contribution in [-0.2, 0) is 6.42 Å². The van der Waals surface area contributed by atoms with Gasteiger partial charge in [0.05, 0.1) is 6.26 Å². The van der Waals surface area contributed by atoms with Crippen LogP contribution in [0.2, 0.25) is 0 Å². The molecule has 1 aromatic heterocycles. The lowest BCUT2D eigenvalue weighted by atomic mass is 9.99. The Morgan fingerprint density at radius 2 is 2.26 bits per heavy atom. The average molecular weight is 265 g/mol.